The van der Waals surface area contributed by atoms with Crippen molar-refractivity contribution >= 4 is 35.6 Å². The summed E-state index contributed by atoms with van der Waals surface area (Å²) in [5, 5.41) is 6.62. The van der Waals surface area contributed by atoms with E-state index in [0.29, 0.717) is 24.7 Å². The number of anilines is 1. The van der Waals surface area contributed by atoms with Crippen molar-refractivity contribution < 1.29 is 14.2 Å². The summed E-state index contributed by atoms with van der Waals surface area (Å²) >= 11 is 0. The highest BCUT2D eigenvalue weighted by molar-refractivity contribution is 14.0. The maximum Gasteiger partial charge on any atom is 0.195 e. The zero-order valence-electron chi connectivity index (χ0n) is 17.8. The lowest BCUT2D eigenvalue weighted by molar-refractivity contribution is 0.311. The van der Waals surface area contributed by atoms with Gasteiger partial charge in [-0.25, -0.2) is 0 Å². The minimum atomic E-state index is 0. The van der Waals surface area contributed by atoms with E-state index in [1.54, 1.807) is 14.2 Å². The number of aliphatic imine (C=N–C) groups is 1. The Labute approximate surface area is 191 Å². The third-order valence-electron chi connectivity index (χ3n) is 4.26. The lowest BCUT2D eigenvalue weighted by atomic mass is 10.0. The minimum absolute atomic E-state index is 0. The molecule has 0 radical (unpaired) electrons. The average Bonchev–Trinajstić information content (AvgIpc) is 2.72. The maximum absolute atomic E-state index is 5.65. The number of nitrogens with zero attached hydrogens (tertiary/aromatic N) is 1. The molecule has 2 aromatic carbocycles. The van der Waals surface area contributed by atoms with Crippen LogP contribution in [0.25, 0.3) is 0 Å². The molecule has 2 N–H and O–H groups in total. The zero-order chi connectivity index (χ0) is 20.4. The molecule has 0 spiro atoms. The van der Waals surface area contributed by atoms with E-state index in [9.17, 15) is 0 Å². The van der Waals surface area contributed by atoms with E-state index in [-0.39, 0.29) is 29.9 Å². The van der Waals surface area contributed by atoms with Gasteiger partial charge in [0.2, 0.25) is 0 Å². The molecule has 0 aliphatic rings. The Morgan fingerprint density at radius 1 is 1.00 bits per heavy atom. The van der Waals surface area contributed by atoms with Crippen LogP contribution in [-0.2, 0) is 0 Å². The van der Waals surface area contributed by atoms with E-state index in [1.807, 2.05) is 50.2 Å². The molecular weight excluding hydrogens is 481 g/mol. The first-order valence-electron chi connectivity index (χ1n) is 9.61. The summed E-state index contributed by atoms with van der Waals surface area (Å²) in [5.74, 6) is 3.24. The van der Waals surface area contributed by atoms with Gasteiger partial charge >= 0.3 is 0 Å². The largest absolute Gasteiger partial charge is 0.496 e. The highest BCUT2D eigenvalue weighted by Gasteiger charge is 2.11. The maximum atomic E-state index is 5.65. The van der Waals surface area contributed by atoms with Crippen molar-refractivity contribution in [2.75, 3.05) is 39.2 Å². The van der Waals surface area contributed by atoms with Crippen molar-refractivity contribution in [3.63, 3.8) is 0 Å². The molecule has 2 rings (SSSR count). The number of nitrogens with one attached hydrogen (secondary N) is 2. The van der Waals surface area contributed by atoms with Gasteiger partial charge < -0.3 is 24.8 Å². The predicted molar refractivity (Wildman–Crippen MR) is 131 cm³/mol. The van der Waals surface area contributed by atoms with Gasteiger partial charge in [-0.3, -0.25) is 4.99 Å². The highest BCUT2D eigenvalue weighted by Crippen LogP contribution is 2.30. The summed E-state index contributed by atoms with van der Waals surface area (Å²) in [5.41, 5.74) is 2.03. The van der Waals surface area contributed by atoms with Crippen molar-refractivity contribution in [1.29, 1.82) is 0 Å². The number of benzene rings is 2. The van der Waals surface area contributed by atoms with Crippen LogP contribution in [0.5, 0.6) is 17.2 Å². The Morgan fingerprint density at radius 3 is 2.38 bits per heavy atom. The number of halogens is 1. The van der Waals surface area contributed by atoms with Crippen molar-refractivity contribution in [1.82, 2.24) is 5.32 Å². The first-order chi connectivity index (χ1) is 13.6. The Kier molecular flexibility index (Phi) is 11.3. The Hall–Kier alpha value is -2.16. The number of rotatable bonds is 9. The van der Waals surface area contributed by atoms with Gasteiger partial charge in [0, 0.05) is 30.8 Å². The molecular formula is C22H32IN3O3. The molecule has 0 bridgehead atoms. The fourth-order valence-electron chi connectivity index (χ4n) is 2.87. The van der Waals surface area contributed by atoms with Gasteiger partial charge in [0.15, 0.2) is 17.5 Å². The molecule has 6 nitrogen and oxygen atoms in total. The smallest absolute Gasteiger partial charge is 0.195 e. The van der Waals surface area contributed by atoms with Gasteiger partial charge in [0.05, 0.1) is 20.8 Å². The van der Waals surface area contributed by atoms with Gasteiger partial charge in [-0.2, -0.15) is 0 Å². The summed E-state index contributed by atoms with van der Waals surface area (Å²) in [6.45, 7) is 8.11. The second-order valence-corrected chi connectivity index (χ2v) is 6.29. The van der Waals surface area contributed by atoms with E-state index in [0.717, 1.165) is 29.5 Å². The Balaban J connectivity index is 0.00000420. The lowest BCUT2D eigenvalue weighted by Gasteiger charge is -2.16. The van der Waals surface area contributed by atoms with Crippen LogP contribution in [0.15, 0.2) is 47.5 Å². The molecule has 0 aliphatic carbocycles. The van der Waals surface area contributed by atoms with Crippen molar-refractivity contribution in [2.24, 2.45) is 4.99 Å². The zero-order valence-corrected chi connectivity index (χ0v) is 20.2. The third kappa shape index (κ3) is 7.30. The van der Waals surface area contributed by atoms with Crippen LogP contribution < -0.4 is 24.8 Å². The van der Waals surface area contributed by atoms with Gasteiger partial charge in [-0.15, -0.1) is 24.0 Å². The van der Waals surface area contributed by atoms with Crippen molar-refractivity contribution in [2.45, 2.75) is 26.7 Å². The summed E-state index contributed by atoms with van der Waals surface area (Å²) in [6.07, 6.45) is 0. The van der Waals surface area contributed by atoms with E-state index in [1.165, 1.54) is 0 Å². The lowest BCUT2D eigenvalue weighted by Crippen LogP contribution is -2.31. The summed E-state index contributed by atoms with van der Waals surface area (Å²) < 4.78 is 16.5. The Bertz CT molecular complexity index is 784. The molecule has 7 heteroatoms. The predicted octanol–water partition coefficient (Wildman–Crippen LogP) is 4.90. The second-order valence-electron chi connectivity index (χ2n) is 6.29. The first kappa shape index (κ1) is 24.9. The molecule has 0 fully saturated rings. The van der Waals surface area contributed by atoms with Gasteiger partial charge in [0.1, 0.15) is 5.75 Å². The third-order valence-corrected chi connectivity index (χ3v) is 4.26. The van der Waals surface area contributed by atoms with Crippen LogP contribution in [0.2, 0.25) is 0 Å². The van der Waals surface area contributed by atoms with Crippen LogP contribution in [-0.4, -0.2) is 39.9 Å². The molecule has 1 unspecified atom stereocenters. The quantitative estimate of drug-likeness (QED) is 0.284. The fraction of sp³-hybridized carbons (Fsp3) is 0.409. The molecule has 29 heavy (non-hydrogen) atoms. The minimum Gasteiger partial charge on any atom is -0.496 e. The van der Waals surface area contributed by atoms with Crippen LogP contribution >= 0.6 is 24.0 Å². The van der Waals surface area contributed by atoms with Crippen molar-refractivity contribution in [3.05, 3.63) is 48.0 Å². The average molecular weight is 513 g/mol. The summed E-state index contributed by atoms with van der Waals surface area (Å²) in [4.78, 5) is 4.75. The fourth-order valence-corrected chi connectivity index (χ4v) is 2.87. The van der Waals surface area contributed by atoms with Crippen LogP contribution in [0, 0.1) is 0 Å². The number of ether oxygens (including phenoxy) is 3. The molecule has 2 aromatic rings. The number of hydrogen-bond donors (Lipinski definition) is 2. The van der Waals surface area contributed by atoms with Crippen LogP contribution in [0.3, 0.4) is 0 Å². The van der Waals surface area contributed by atoms with Gasteiger partial charge in [-0.1, -0.05) is 25.1 Å². The number of guanidine groups is 1. The monoisotopic (exact) mass is 513 g/mol. The van der Waals surface area contributed by atoms with Crippen LogP contribution in [0.4, 0.5) is 5.69 Å². The summed E-state index contributed by atoms with van der Waals surface area (Å²) in [6, 6.07) is 13.8. The Morgan fingerprint density at radius 2 is 1.72 bits per heavy atom. The number of para-hydroxylation sites is 1. The van der Waals surface area contributed by atoms with Crippen LogP contribution in [0.1, 0.15) is 32.3 Å². The number of hydrogen-bond acceptors (Lipinski definition) is 4. The van der Waals surface area contributed by atoms with E-state index in [2.05, 4.69) is 23.6 Å². The number of methoxy groups -OCH3 is 2. The normalized spacial score (nSPS) is 11.8. The summed E-state index contributed by atoms with van der Waals surface area (Å²) in [7, 11) is 3.33. The SMILES string of the molecule is CCNC(=NCC(C)c1ccccc1OC)Nc1ccc(OC)c(OCC)c1.I. The topological polar surface area (TPSA) is 64.1 Å². The first-order valence-corrected chi connectivity index (χ1v) is 9.61. The molecule has 0 aliphatic heterocycles. The second kappa shape index (κ2) is 13.1. The van der Waals surface area contributed by atoms with E-state index in [4.69, 9.17) is 19.2 Å². The molecule has 160 valence electrons. The molecule has 0 heterocycles. The van der Waals surface area contributed by atoms with E-state index >= 15 is 0 Å². The molecule has 1 atom stereocenters. The molecule has 0 saturated heterocycles. The van der Waals surface area contributed by atoms with Crippen molar-refractivity contribution in [3.8, 4) is 17.2 Å². The van der Waals surface area contributed by atoms with Gasteiger partial charge in [0.25, 0.3) is 0 Å². The molecule has 0 aromatic heterocycles. The molecule has 0 saturated carbocycles. The molecule has 0 amide bonds. The highest BCUT2D eigenvalue weighted by atomic mass is 127. The van der Waals surface area contributed by atoms with E-state index < -0.39 is 0 Å². The standard InChI is InChI=1S/C22H31N3O3.HI/c1-6-23-22(24-15-16(3)18-10-8-9-11-19(18)26-4)25-17-12-13-20(27-5)21(14-17)28-7-2;/h8-14,16H,6-7,15H2,1-5H3,(H2,23,24,25);1H. The van der Waals surface area contributed by atoms with Gasteiger partial charge in [-0.05, 0) is 37.6 Å².